The number of amides is 1. The molecule has 1 aromatic carbocycles. The molecule has 0 spiro atoms. The molecule has 0 saturated heterocycles. The van der Waals surface area contributed by atoms with Gasteiger partial charge in [0.2, 0.25) is 10.0 Å². The Morgan fingerprint density at radius 2 is 1.71 bits per heavy atom. The summed E-state index contributed by atoms with van der Waals surface area (Å²) >= 11 is 0. The highest BCUT2D eigenvalue weighted by atomic mass is 32.2. The molecule has 0 aliphatic rings. The summed E-state index contributed by atoms with van der Waals surface area (Å²) in [6.07, 6.45) is 0.630. The summed E-state index contributed by atoms with van der Waals surface area (Å²) in [7, 11) is -2.12. The van der Waals surface area contributed by atoms with Crippen molar-refractivity contribution in [3.8, 4) is 0 Å². The van der Waals surface area contributed by atoms with Crippen LogP contribution in [0.4, 0.5) is 0 Å². The van der Waals surface area contributed by atoms with Gasteiger partial charge in [0.25, 0.3) is 5.91 Å². The van der Waals surface area contributed by atoms with Gasteiger partial charge in [0.15, 0.2) is 0 Å². The van der Waals surface area contributed by atoms with Crippen molar-refractivity contribution in [1.82, 2.24) is 9.21 Å². The van der Waals surface area contributed by atoms with E-state index in [2.05, 4.69) is 0 Å². The van der Waals surface area contributed by atoms with E-state index in [1.807, 2.05) is 6.92 Å². The first-order chi connectivity index (χ1) is 11.1. The van der Waals surface area contributed by atoms with Gasteiger partial charge in [-0.3, -0.25) is 9.59 Å². The van der Waals surface area contributed by atoms with Gasteiger partial charge in [-0.2, -0.15) is 4.31 Å². The molecule has 0 aromatic heterocycles. The van der Waals surface area contributed by atoms with E-state index in [1.165, 1.54) is 40.5 Å². The number of hydrogen-bond donors (Lipinski definition) is 1. The summed E-state index contributed by atoms with van der Waals surface area (Å²) in [6.45, 7) is 5.32. The number of hydrogen-bond acceptors (Lipinski definition) is 4. The van der Waals surface area contributed by atoms with Crippen molar-refractivity contribution in [3.05, 3.63) is 29.8 Å². The number of carboxylic acid groups (broad SMARTS) is 1. The van der Waals surface area contributed by atoms with Gasteiger partial charge >= 0.3 is 5.97 Å². The molecule has 134 valence electrons. The Kier molecular flexibility index (Phi) is 6.92. The van der Waals surface area contributed by atoms with Crippen LogP contribution in [-0.4, -0.2) is 60.8 Å². The molecule has 0 bridgehead atoms. The van der Waals surface area contributed by atoms with Crippen LogP contribution in [0.5, 0.6) is 0 Å². The van der Waals surface area contributed by atoms with Gasteiger partial charge in [0, 0.05) is 25.2 Å². The minimum Gasteiger partial charge on any atom is -0.480 e. The summed E-state index contributed by atoms with van der Waals surface area (Å²) in [5.74, 6) is -1.52. The Bertz CT molecular complexity index is 683. The fourth-order valence-electron chi connectivity index (χ4n) is 2.08. The third-order valence-electron chi connectivity index (χ3n) is 3.61. The maximum absolute atomic E-state index is 12.4. The fraction of sp³-hybridized carbons (Fsp3) is 0.500. The van der Waals surface area contributed by atoms with Gasteiger partial charge in [-0.25, -0.2) is 8.42 Å². The van der Waals surface area contributed by atoms with E-state index in [9.17, 15) is 18.0 Å². The minimum atomic E-state index is -3.62. The molecule has 0 aliphatic heterocycles. The van der Waals surface area contributed by atoms with Gasteiger partial charge in [-0.15, -0.1) is 0 Å². The largest absolute Gasteiger partial charge is 0.480 e. The van der Waals surface area contributed by atoms with E-state index < -0.39 is 21.9 Å². The van der Waals surface area contributed by atoms with Crippen LogP contribution >= 0.6 is 0 Å². The lowest BCUT2D eigenvalue weighted by Crippen LogP contribution is -2.36. The molecule has 1 amide bonds. The summed E-state index contributed by atoms with van der Waals surface area (Å²) in [4.78, 5) is 24.6. The topological polar surface area (TPSA) is 95.0 Å². The summed E-state index contributed by atoms with van der Waals surface area (Å²) in [6, 6.07) is 5.37. The molecule has 7 nitrogen and oxygen atoms in total. The zero-order chi connectivity index (χ0) is 18.5. The molecule has 0 fully saturated rings. The quantitative estimate of drug-likeness (QED) is 0.764. The average Bonchev–Trinajstić information content (AvgIpc) is 2.52. The number of nitrogens with zero attached hydrogens (tertiary/aromatic N) is 2. The Morgan fingerprint density at radius 3 is 2.12 bits per heavy atom. The van der Waals surface area contributed by atoms with Crippen molar-refractivity contribution in [2.24, 2.45) is 0 Å². The predicted octanol–water partition coefficient (Wildman–Crippen LogP) is 1.65. The normalized spacial score (nSPS) is 11.8. The van der Waals surface area contributed by atoms with Crippen LogP contribution in [0.2, 0.25) is 0 Å². The Labute approximate surface area is 142 Å². The molecule has 0 radical (unpaired) electrons. The first kappa shape index (κ1) is 20.1. The van der Waals surface area contributed by atoms with Crippen LogP contribution in [0.25, 0.3) is 0 Å². The van der Waals surface area contributed by atoms with Gasteiger partial charge in [-0.05, 0) is 44.5 Å². The van der Waals surface area contributed by atoms with E-state index in [1.54, 1.807) is 13.8 Å². The van der Waals surface area contributed by atoms with Crippen molar-refractivity contribution in [1.29, 1.82) is 0 Å². The number of carboxylic acids is 1. The van der Waals surface area contributed by atoms with Crippen LogP contribution in [0.1, 0.15) is 37.6 Å². The Morgan fingerprint density at radius 1 is 1.17 bits per heavy atom. The predicted molar refractivity (Wildman–Crippen MR) is 90.4 cm³/mol. The first-order valence-corrected chi connectivity index (χ1v) is 9.14. The molecule has 0 unspecified atom stereocenters. The van der Waals surface area contributed by atoms with E-state index in [4.69, 9.17) is 5.11 Å². The van der Waals surface area contributed by atoms with Crippen LogP contribution in [0.3, 0.4) is 0 Å². The summed E-state index contributed by atoms with van der Waals surface area (Å²) in [5.41, 5.74) is 0.260. The standard InChI is InChI=1S/C16H24N2O5S/c1-5-10-18(11-15(19)20)16(21)13-6-8-14(9-7-13)24(22,23)17(4)12(2)3/h6-9,12H,5,10-11H2,1-4H3,(H,19,20). The summed E-state index contributed by atoms with van der Waals surface area (Å²) < 4.78 is 26.0. The van der Waals surface area contributed by atoms with Crippen LogP contribution in [-0.2, 0) is 14.8 Å². The molecule has 1 rings (SSSR count). The zero-order valence-electron chi connectivity index (χ0n) is 14.4. The smallest absolute Gasteiger partial charge is 0.323 e. The first-order valence-electron chi connectivity index (χ1n) is 7.70. The van der Waals surface area contributed by atoms with Crippen LogP contribution in [0, 0.1) is 0 Å². The third kappa shape index (κ3) is 4.78. The molecule has 0 saturated carbocycles. The maximum Gasteiger partial charge on any atom is 0.323 e. The molecular formula is C16H24N2O5S. The number of aliphatic carboxylic acids is 1. The average molecular weight is 356 g/mol. The molecule has 0 aliphatic carbocycles. The zero-order valence-corrected chi connectivity index (χ0v) is 15.2. The second-order valence-corrected chi connectivity index (χ2v) is 7.76. The number of carbonyl (C=O) groups excluding carboxylic acids is 1. The Hall–Kier alpha value is -1.93. The van der Waals surface area contributed by atoms with Crippen molar-refractivity contribution in [2.45, 2.75) is 38.1 Å². The molecule has 24 heavy (non-hydrogen) atoms. The lowest BCUT2D eigenvalue weighted by Gasteiger charge is -2.22. The highest BCUT2D eigenvalue weighted by molar-refractivity contribution is 7.89. The molecule has 0 heterocycles. The van der Waals surface area contributed by atoms with E-state index >= 15 is 0 Å². The Balaban J connectivity index is 3.05. The lowest BCUT2D eigenvalue weighted by molar-refractivity contribution is -0.137. The SMILES string of the molecule is CCCN(CC(=O)O)C(=O)c1ccc(S(=O)(=O)N(C)C(C)C)cc1. The molecule has 1 N–H and O–H groups in total. The monoisotopic (exact) mass is 356 g/mol. The highest BCUT2D eigenvalue weighted by Crippen LogP contribution is 2.18. The lowest BCUT2D eigenvalue weighted by atomic mass is 10.2. The number of benzene rings is 1. The third-order valence-corrected chi connectivity index (χ3v) is 5.66. The fourth-order valence-corrected chi connectivity index (χ4v) is 3.45. The van der Waals surface area contributed by atoms with Gasteiger partial charge < -0.3 is 10.0 Å². The number of rotatable bonds is 8. The molecule has 8 heteroatoms. The van der Waals surface area contributed by atoms with Crippen molar-refractivity contribution >= 4 is 21.9 Å². The second-order valence-electron chi connectivity index (χ2n) is 5.76. The van der Waals surface area contributed by atoms with E-state index in [-0.39, 0.29) is 23.0 Å². The van der Waals surface area contributed by atoms with Crippen molar-refractivity contribution in [2.75, 3.05) is 20.1 Å². The maximum atomic E-state index is 12.4. The van der Waals surface area contributed by atoms with E-state index in [0.29, 0.717) is 13.0 Å². The molecular weight excluding hydrogens is 332 g/mol. The molecule has 1 aromatic rings. The molecule has 0 atom stereocenters. The van der Waals surface area contributed by atoms with Gasteiger partial charge in [-0.1, -0.05) is 6.92 Å². The number of carbonyl (C=O) groups is 2. The minimum absolute atomic E-state index is 0.0931. The van der Waals surface area contributed by atoms with Crippen molar-refractivity contribution in [3.63, 3.8) is 0 Å². The van der Waals surface area contributed by atoms with Gasteiger partial charge in [0.05, 0.1) is 4.90 Å². The second kappa shape index (κ2) is 8.25. The van der Waals surface area contributed by atoms with Crippen LogP contribution in [0.15, 0.2) is 29.2 Å². The van der Waals surface area contributed by atoms with Crippen molar-refractivity contribution < 1.29 is 23.1 Å². The number of sulfonamides is 1. The van der Waals surface area contributed by atoms with Crippen LogP contribution < -0.4 is 0 Å². The highest BCUT2D eigenvalue weighted by Gasteiger charge is 2.24. The van der Waals surface area contributed by atoms with E-state index in [0.717, 1.165) is 0 Å². The summed E-state index contributed by atoms with van der Waals surface area (Å²) in [5, 5.41) is 8.89. The van der Waals surface area contributed by atoms with Gasteiger partial charge in [0.1, 0.15) is 6.54 Å².